The summed E-state index contributed by atoms with van der Waals surface area (Å²) in [6, 6.07) is 2.00. The third kappa shape index (κ3) is 42.1. The van der Waals surface area contributed by atoms with Crippen molar-refractivity contribution in [2.45, 2.75) is 205 Å². The smallest absolute Gasteiger partial charge is 0.407 e. The maximum absolute atomic E-state index is 11.7. The van der Waals surface area contributed by atoms with Crippen LogP contribution in [0, 0.1) is 41.4 Å². The lowest BCUT2D eigenvalue weighted by Gasteiger charge is -2.31. The summed E-state index contributed by atoms with van der Waals surface area (Å²) < 4.78 is 16.3. The van der Waals surface area contributed by atoms with Crippen molar-refractivity contribution in [3.63, 3.8) is 0 Å². The van der Waals surface area contributed by atoms with Crippen molar-refractivity contribution in [1.29, 1.82) is 0 Å². The summed E-state index contributed by atoms with van der Waals surface area (Å²) in [5.74, 6) is 5.15. The molecule has 1 aliphatic rings. The molecule has 3 N–H and O–H groups in total. The van der Waals surface area contributed by atoms with Crippen molar-refractivity contribution < 1.29 is 19.0 Å². The van der Waals surface area contributed by atoms with Crippen LogP contribution in [0.5, 0.6) is 0 Å². The monoisotopic (exact) mass is 756 g/mol. The average Bonchev–Trinajstić information content (AvgIpc) is 3.05. The summed E-state index contributed by atoms with van der Waals surface area (Å²) in [5, 5.41) is 9.84. The number of hydrogen-bond donors (Lipinski definition) is 3. The molecule has 0 aromatic rings. The van der Waals surface area contributed by atoms with Gasteiger partial charge in [0, 0.05) is 37.8 Å². The molecule has 0 unspecified atom stereocenters. The van der Waals surface area contributed by atoms with Gasteiger partial charge in [0.25, 0.3) is 0 Å². The van der Waals surface area contributed by atoms with Crippen LogP contribution in [0.25, 0.3) is 0 Å². The highest BCUT2D eigenvalue weighted by Gasteiger charge is 2.22. The van der Waals surface area contributed by atoms with Gasteiger partial charge in [-0.25, -0.2) is 4.79 Å². The van der Waals surface area contributed by atoms with Crippen molar-refractivity contribution >= 4 is 6.09 Å². The highest BCUT2D eigenvalue weighted by Crippen LogP contribution is 2.29. The minimum absolute atomic E-state index is 0.251. The molecule has 1 atom stereocenters. The Morgan fingerprint density at radius 3 is 1.68 bits per heavy atom. The number of rotatable bonds is 28. The van der Waals surface area contributed by atoms with E-state index in [0.29, 0.717) is 43.1 Å². The first-order valence-corrected chi connectivity index (χ1v) is 22.6. The molecule has 0 aromatic heterocycles. The lowest BCUT2D eigenvalue weighted by Crippen LogP contribution is -2.37. The van der Waals surface area contributed by atoms with Crippen molar-refractivity contribution in [3.05, 3.63) is 0 Å². The maximum Gasteiger partial charge on any atom is 0.407 e. The zero-order valence-electron chi connectivity index (χ0n) is 38.3. The van der Waals surface area contributed by atoms with Crippen molar-refractivity contribution in [3.8, 4) is 0 Å². The molecule has 0 spiro atoms. The van der Waals surface area contributed by atoms with E-state index in [1.54, 1.807) is 0 Å². The molecule has 0 saturated heterocycles. The second kappa shape index (κ2) is 36.7. The molecule has 0 aromatic carbocycles. The maximum atomic E-state index is 11.7. The first kappa shape index (κ1) is 54.2. The van der Waals surface area contributed by atoms with Gasteiger partial charge in [0.05, 0.1) is 26.4 Å². The normalized spacial score (nSPS) is 16.7. The van der Waals surface area contributed by atoms with Crippen LogP contribution in [0.2, 0.25) is 0 Å². The highest BCUT2D eigenvalue weighted by molar-refractivity contribution is 5.67. The van der Waals surface area contributed by atoms with Gasteiger partial charge in [-0.1, -0.05) is 129 Å². The molecule has 1 fully saturated rings. The van der Waals surface area contributed by atoms with Gasteiger partial charge in [-0.15, -0.1) is 0 Å². The van der Waals surface area contributed by atoms with Crippen LogP contribution in [-0.2, 0) is 14.2 Å². The number of unbranched alkanes of at least 4 members (excludes halogenated alkanes) is 4. The van der Waals surface area contributed by atoms with Gasteiger partial charge in [-0.3, -0.25) is 0 Å². The van der Waals surface area contributed by atoms with Crippen LogP contribution in [0.3, 0.4) is 0 Å². The Bertz CT molecular complexity index is 730. The third-order valence-electron chi connectivity index (χ3n) is 9.83. The van der Waals surface area contributed by atoms with Gasteiger partial charge < -0.3 is 30.2 Å². The van der Waals surface area contributed by atoms with Gasteiger partial charge in [-0.05, 0) is 99.2 Å². The van der Waals surface area contributed by atoms with Crippen LogP contribution in [-0.4, -0.2) is 70.3 Å². The zero-order valence-corrected chi connectivity index (χ0v) is 38.3. The first-order valence-electron chi connectivity index (χ1n) is 22.6. The summed E-state index contributed by atoms with van der Waals surface area (Å²) >= 11 is 0. The molecule has 1 aliphatic carbocycles. The summed E-state index contributed by atoms with van der Waals surface area (Å²) in [6.07, 6.45) is 17.9. The van der Waals surface area contributed by atoms with Crippen molar-refractivity contribution in [1.82, 2.24) is 16.0 Å². The largest absolute Gasteiger partial charge is 0.449 e. The van der Waals surface area contributed by atoms with Gasteiger partial charge in [0.2, 0.25) is 0 Å². The molecule has 320 valence electrons. The van der Waals surface area contributed by atoms with Crippen LogP contribution >= 0.6 is 0 Å². The second-order valence-electron chi connectivity index (χ2n) is 18.6. The Morgan fingerprint density at radius 1 is 0.585 bits per heavy atom. The minimum Gasteiger partial charge on any atom is -0.449 e. The Kier molecular flexibility index (Phi) is 37.6. The van der Waals surface area contributed by atoms with Gasteiger partial charge in [-0.2, -0.15) is 0 Å². The number of hydrogen-bond acceptors (Lipinski definition) is 6. The average molecular weight is 756 g/mol. The van der Waals surface area contributed by atoms with Gasteiger partial charge in [0.1, 0.15) is 0 Å². The van der Waals surface area contributed by atoms with Crippen LogP contribution in [0.1, 0.15) is 187 Å². The van der Waals surface area contributed by atoms with Crippen molar-refractivity contribution in [2.75, 3.05) is 46.1 Å². The third-order valence-corrected chi connectivity index (χ3v) is 9.83. The Labute approximate surface area is 332 Å². The molecular formula is C46H97N3O4. The molecule has 7 nitrogen and oxygen atoms in total. The quantitative estimate of drug-likeness (QED) is 0.0690. The fourth-order valence-corrected chi connectivity index (χ4v) is 6.81. The summed E-state index contributed by atoms with van der Waals surface area (Å²) in [7, 11) is 0. The second-order valence-corrected chi connectivity index (χ2v) is 18.6. The molecule has 53 heavy (non-hydrogen) atoms. The fraction of sp³-hybridized carbons (Fsp3) is 0.978. The summed E-state index contributed by atoms with van der Waals surface area (Å²) in [5.41, 5.74) is 0. The molecule has 0 aliphatic heterocycles. The van der Waals surface area contributed by atoms with Crippen LogP contribution < -0.4 is 16.0 Å². The molecule has 0 bridgehead atoms. The Hall–Kier alpha value is -0.890. The van der Waals surface area contributed by atoms with E-state index in [4.69, 9.17) is 14.2 Å². The lowest BCUT2D eigenvalue weighted by atomic mass is 9.81. The number of alkyl carbamates (subject to hydrolysis) is 1. The SMILES string of the molecule is CC(C)CC1CCC(NC(C)C)CC1.CC(C)CCCCCCCNC(=O)OC[C@H](CC(C)C)C(C)C.CC(C)CCCOCCOCCNC(C)C. The zero-order chi connectivity index (χ0) is 40.4. The van der Waals surface area contributed by atoms with E-state index < -0.39 is 0 Å². The van der Waals surface area contributed by atoms with E-state index in [2.05, 4.69) is 113 Å². The topological polar surface area (TPSA) is 80.9 Å². The van der Waals surface area contributed by atoms with Gasteiger partial charge >= 0.3 is 6.09 Å². The van der Waals surface area contributed by atoms with E-state index in [9.17, 15) is 4.79 Å². The molecule has 7 heteroatoms. The number of carbonyl (C=O) groups is 1. The first-order chi connectivity index (χ1) is 25.0. The Balaban J connectivity index is 0. The minimum atomic E-state index is -0.251. The van der Waals surface area contributed by atoms with Crippen molar-refractivity contribution in [2.24, 2.45) is 41.4 Å². The number of amides is 1. The molecular weight excluding hydrogens is 659 g/mol. The molecule has 0 heterocycles. The number of nitrogens with one attached hydrogen (secondary N) is 3. The standard InChI is InChI=1S/C20H41NO2.C13H29NO2.C13H27N/c1-16(2)12-10-8-7-9-11-13-21-20(22)23-15-19(18(5)6)14-17(3)4;1-12(2)6-5-8-15-10-11-16-9-7-14-13(3)4;1-10(2)9-12-5-7-13(8-6-12)14-11(3)4/h16-19H,7-15H2,1-6H3,(H,21,22);12-14H,5-11H2,1-4H3;10-14H,5-9H2,1-4H3/t19-;;/m0../s1. The van der Waals surface area contributed by atoms with Gasteiger partial charge in [0.15, 0.2) is 0 Å². The van der Waals surface area contributed by atoms with E-state index in [-0.39, 0.29) is 6.09 Å². The summed E-state index contributed by atoms with van der Waals surface area (Å²) in [6.45, 7) is 36.6. The Morgan fingerprint density at radius 2 is 1.15 bits per heavy atom. The van der Waals surface area contributed by atoms with Crippen LogP contribution in [0.15, 0.2) is 0 Å². The van der Waals surface area contributed by atoms with E-state index >= 15 is 0 Å². The lowest BCUT2D eigenvalue weighted by molar-refractivity contribution is 0.0463. The molecule has 1 rings (SSSR count). The molecule has 1 amide bonds. The highest BCUT2D eigenvalue weighted by atomic mass is 16.5. The van der Waals surface area contributed by atoms with E-state index in [1.807, 2.05) is 0 Å². The van der Waals surface area contributed by atoms with Crippen LogP contribution in [0.4, 0.5) is 4.79 Å². The predicted molar refractivity (Wildman–Crippen MR) is 232 cm³/mol. The van der Waals surface area contributed by atoms with E-state index in [1.165, 1.54) is 70.6 Å². The predicted octanol–water partition coefficient (Wildman–Crippen LogP) is 12.1. The number of carbonyl (C=O) groups excluding carboxylic acids is 1. The number of ether oxygens (including phenoxy) is 3. The molecule has 0 radical (unpaired) electrons. The van der Waals surface area contributed by atoms with E-state index in [0.717, 1.165) is 81.9 Å². The fourth-order valence-electron chi connectivity index (χ4n) is 6.81. The molecule has 1 saturated carbocycles. The summed E-state index contributed by atoms with van der Waals surface area (Å²) in [4.78, 5) is 11.7.